The first-order valence-corrected chi connectivity index (χ1v) is 6.59. The van der Waals surface area contributed by atoms with Crippen molar-refractivity contribution in [2.45, 2.75) is 19.6 Å². The molecule has 0 N–H and O–H groups in total. The molecule has 1 aliphatic rings. The van der Waals surface area contributed by atoms with E-state index in [0.717, 1.165) is 4.47 Å². The van der Waals surface area contributed by atoms with Gasteiger partial charge in [0.2, 0.25) is 0 Å². The van der Waals surface area contributed by atoms with E-state index in [1.165, 1.54) is 19.9 Å². The number of hydrogen-bond donors (Lipinski definition) is 0. The first-order valence-electron chi connectivity index (χ1n) is 5.42. The second-order valence-electron chi connectivity index (χ2n) is 4.41. The maximum absolute atomic E-state index is 11.7. The molecule has 0 spiro atoms. The Kier molecular flexibility index (Phi) is 3.69. The molecule has 6 heteroatoms. The number of rotatable bonds is 1. The highest BCUT2D eigenvalue weighted by molar-refractivity contribution is 9.10. The van der Waals surface area contributed by atoms with Gasteiger partial charge in [-0.25, -0.2) is 9.59 Å². The van der Waals surface area contributed by atoms with Gasteiger partial charge < -0.3 is 9.47 Å². The van der Waals surface area contributed by atoms with Crippen molar-refractivity contribution in [2.75, 3.05) is 0 Å². The summed E-state index contributed by atoms with van der Waals surface area (Å²) >= 11 is 9.20. The summed E-state index contributed by atoms with van der Waals surface area (Å²) in [6.45, 7) is 2.99. The summed E-state index contributed by atoms with van der Waals surface area (Å²) in [6, 6.07) is 5.06. The molecule has 1 fully saturated rings. The molecule has 1 aromatic rings. The standard InChI is InChI=1S/C13H10BrClO4/c1-13(2)18-11(16)8(12(17)19-13)5-7-3-4-9(14)10(15)6-7/h3-6H,1-2H3. The molecule has 0 atom stereocenters. The molecule has 0 bridgehead atoms. The first kappa shape index (κ1) is 14.1. The van der Waals surface area contributed by atoms with E-state index in [1.54, 1.807) is 18.2 Å². The number of esters is 2. The second kappa shape index (κ2) is 4.98. The molecule has 100 valence electrons. The Morgan fingerprint density at radius 1 is 1.21 bits per heavy atom. The summed E-state index contributed by atoms with van der Waals surface area (Å²) in [5.41, 5.74) is 0.453. The van der Waals surface area contributed by atoms with Crippen molar-refractivity contribution >= 4 is 45.5 Å². The van der Waals surface area contributed by atoms with Gasteiger partial charge in [0.15, 0.2) is 0 Å². The molecule has 2 rings (SSSR count). The van der Waals surface area contributed by atoms with Crippen molar-refractivity contribution in [1.29, 1.82) is 0 Å². The highest BCUT2D eigenvalue weighted by Crippen LogP contribution is 2.27. The summed E-state index contributed by atoms with van der Waals surface area (Å²) in [4.78, 5) is 23.5. The molecule has 0 radical (unpaired) electrons. The van der Waals surface area contributed by atoms with E-state index in [9.17, 15) is 9.59 Å². The van der Waals surface area contributed by atoms with Crippen LogP contribution in [0.4, 0.5) is 0 Å². The third-order valence-corrected chi connectivity index (χ3v) is 3.60. The minimum absolute atomic E-state index is 0.155. The number of halogens is 2. The van der Waals surface area contributed by atoms with E-state index >= 15 is 0 Å². The van der Waals surface area contributed by atoms with E-state index in [2.05, 4.69) is 15.9 Å². The maximum atomic E-state index is 11.7. The average Bonchev–Trinajstić information content (AvgIpc) is 2.27. The van der Waals surface area contributed by atoms with Crippen molar-refractivity contribution in [3.8, 4) is 0 Å². The summed E-state index contributed by atoms with van der Waals surface area (Å²) < 4.78 is 10.7. The predicted molar refractivity (Wildman–Crippen MR) is 73.4 cm³/mol. The van der Waals surface area contributed by atoms with Crippen LogP contribution in [0.25, 0.3) is 6.08 Å². The van der Waals surface area contributed by atoms with Gasteiger partial charge in [-0.3, -0.25) is 0 Å². The molecule has 1 heterocycles. The Labute approximate surface area is 123 Å². The molecule has 0 amide bonds. The van der Waals surface area contributed by atoms with Gasteiger partial charge in [0, 0.05) is 18.3 Å². The van der Waals surface area contributed by atoms with E-state index in [0.29, 0.717) is 10.6 Å². The zero-order chi connectivity index (χ0) is 14.2. The van der Waals surface area contributed by atoms with Crippen LogP contribution in [-0.4, -0.2) is 17.7 Å². The first-order chi connectivity index (χ1) is 8.78. The molecule has 0 aliphatic carbocycles. The molecular weight excluding hydrogens is 335 g/mol. The minimum atomic E-state index is -1.23. The van der Waals surface area contributed by atoms with Gasteiger partial charge in [-0.2, -0.15) is 0 Å². The Morgan fingerprint density at radius 2 is 1.79 bits per heavy atom. The minimum Gasteiger partial charge on any atom is -0.419 e. The Balaban J connectivity index is 2.35. The van der Waals surface area contributed by atoms with Crippen LogP contribution in [0.5, 0.6) is 0 Å². The van der Waals surface area contributed by atoms with Crippen LogP contribution in [0.1, 0.15) is 19.4 Å². The monoisotopic (exact) mass is 344 g/mol. The van der Waals surface area contributed by atoms with Crippen LogP contribution >= 0.6 is 27.5 Å². The number of ether oxygens (including phenoxy) is 2. The van der Waals surface area contributed by atoms with E-state index < -0.39 is 17.7 Å². The van der Waals surface area contributed by atoms with Crippen LogP contribution in [0.3, 0.4) is 0 Å². The number of hydrogen-bond acceptors (Lipinski definition) is 4. The predicted octanol–water partition coefficient (Wildman–Crippen LogP) is 3.32. The number of carbonyl (C=O) groups excluding carboxylic acids is 2. The molecule has 4 nitrogen and oxygen atoms in total. The molecule has 0 unspecified atom stereocenters. The summed E-state index contributed by atoms with van der Waals surface area (Å²) in [5, 5.41) is 0.479. The number of cyclic esters (lactones) is 2. The zero-order valence-corrected chi connectivity index (χ0v) is 12.5. The lowest BCUT2D eigenvalue weighted by atomic mass is 10.1. The van der Waals surface area contributed by atoms with Crippen molar-refractivity contribution in [3.05, 3.63) is 38.8 Å². The smallest absolute Gasteiger partial charge is 0.348 e. The molecule has 0 aromatic heterocycles. The topological polar surface area (TPSA) is 52.6 Å². The van der Waals surface area contributed by atoms with E-state index in [1.807, 2.05) is 0 Å². The highest BCUT2D eigenvalue weighted by atomic mass is 79.9. The van der Waals surface area contributed by atoms with Gasteiger partial charge >= 0.3 is 11.9 Å². The fourth-order valence-electron chi connectivity index (χ4n) is 1.55. The van der Waals surface area contributed by atoms with Crippen LogP contribution in [0.15, 0.2) is 28.2 Å². The number of benzene rings is 1. The number of carbonyl (C=O) groups is 2. The molecule has 19 heavy (non-hydrogen) atoms. The summed E-state index contributed by atoms with van der Waals surface area (Å²) in [7, 11) is 0. The molecule has 1 aliphatic heterocycles. The van der Waals surface area contributed by atoms with Crippen LogP contribution < -0.4 is 0 Å². The van der Waals surface area contributed by atoms with Gasteiger partial charge in [-0.15, -0.1) is 0 Å². The Morgan fingerprint density at radius 3 is 2.32 bits per heavy atom. The fourth-order valence-corrected chi connectivity index (χ4v) is 1.98. The third-order valence-electron chi connectivity index (χ3n) is 2.37. The lowest BCUT2D eigenvalue weighted by molar-refractivity contribution is -0.222. The normalized spacial score (nSPS) is 17.8. The van der Waals surface area contributed by atoms with Crippen LogP contribution in [-0.2, 0) is 19.1 Å². The molecular formula is C13H10BrClO4. The van der Waals surface area contributed by atoms with E-state index in [-0.39, 0.29) is 5.57 Å². The Bertz CT molecular complexity index is 570. The summed E-state index contributed by atoms with van der Waals surface area (Å²) in [6.07, 6.45) is 1.39. The molecule has 0 saturated carbocycles. The average molecular weight is 346 g/mol. The van der Waals surface area contributed by atoms with Crippen molar-refractivity contribution < 1.29 is 19.1 Å². The lowest BCUT2D eigenvalue weighted by Crippen LogP contribution is -2.41. The van der Waals surface area contributed by atoms with Gasteiger partial charge in [-0.05, 0) is 39.7 Å². The van der Waals surface area contributed by atoms with Gasteiger partial charge in [0.05, 0.1) is 5.02 Å². The van der Waals surface area contributed by atoms with Gasteiger partial charge in [-0.1, -0.05) is 17.7 Å². The van der Waals surface area contributed by atoms with E-state index in [4.69, 9.17) is 21.1 Å². The highest BCUT2D eigenvalue weighted by Gasteiger charge is 2.38. The SMILES string of the molecule is CC1(C)OC(=O)C(=Cc2ccc(Br)c(Cl)c2)C(=O)O1. The van der Waals surface area contributed by atoms with Crippen LogP contribution in [0.2, 0.25) is 5.02 Å². The van der Waals surface area contributed by atoms with Crippen molar-refractivity contribution in [2.24, 2.45) is 0 Å². The maximum Gasteiger partial charge on any atom is 0.348 e. The largest absolute Gasteiger partial charge is 0.419 e. The zero-order valence-electron chi connectivity index (χ0n) is 10.2. The second-order valence-corrected chi connectivity index (χ2v) is 5.67. The third kappa shape index (κ3) is 3.16. The van der Waals surface area contributed by atoms with Gasteiger partial charge in [0.1, 0.15) is 5.57 Å². The molecule has 1 saturated heterocycles. The Hall–Kier alpha value is -1.33. The molecule has 1 aromatic carbocycles. The van der Waals surface area contributed by atoms with Crippen LogP contribution in [0, 0.1) is 0 Å². The lowest BCUT2D eigenvalue weighted by Gasteiger charge is -2.29. The summed E-state index contributed by atoms with van der Waals surface area (Å²) in [5.74, 6) is -2.65. The van der Waals surface area contributed by atoms with Crippen molar-refractivity contribution in [1.82, 2.24) is 0 Å². The van der Waals surface area contributed by atoms with Gasteiger partial charge in [0.25, 0.3) is 5.79 Å². The fraction of sp³-hybridized carbons (Fsp3) is 0.231. The van der Waals surface area contributed by atoms with Crippen molar-refractivity contribution in [3.63, 3.8) is 0 Å². The quantitative estimate of drug-likeness (QED) is 0.445.